The van der Waals surface area contributed by atoms with Crippen LogP contribution in [-0.2, 0) is 9.53 Å². The Morgan fingerprint density at radius 3 is 2.75 bits per heavy atom. The number of rotatable bonds is 6. The average molecular weight is 504 g/mol. The number of nitrogens with zero attached hydrogens (tertiary/aromatic N) is 2. The van der Waals surface area contributed by atoms with E-state index >= 15 is 0 Å². The number of methoxy groups -OCH3 is 2. The SMILES string of the molecule is CCOC(=O)C1=C(C)N=c2s/c(=C/c3c[nH]c4ccccc34)c(=O)n2[C@H]1c1cc(OC)ccc1OC. The molecular formula is C27H25N3O5S. The fourth-order valence-corrected chi connectivity index (χ4v) is 5.53. The molecule has 0 aliphatic carbocycles. The second kappa shape index (κ2) is 9.50. The third-order valence-corrected chi connectivity index (χ3v) is 7.14. The Morgan fingerprint density at radius 1 is 1.19 bits per heavy atom. The van der Waals surface area contributed by atoms with Crippen LogP contribution >= 0.6 is 11.3 Å². The first-order valence-electron chi connectivity index (χ1n) is 11.4. The summed E-state index contributed by atoms with van der Waals surface area (Å²) < 4.78 is 18.5. The number of thiazole rings is 1. The van der Waals surface area contributed by atoms with Gasteiger partial charge in [-0.3, -0.25) is 9.36 Å². The average Bonchev–Trinajstić information content (AvgIpc) is 3.43. The predicted octanol–water partition coefficient (Wildman–Crippen LogP) is 3.30. The largest absolute Gasteiger partial charge is 0.497 e. The number of aromatic nitrogens is 2. The number of para-hydroxylation sites is 1. The van der Waals surface area contributed by atoms with Crippen LogP contribution in [0.4, 0.5) is 0 Å². The standard InChI is InChI=1S/C27H25N3O5S/c1-5-35-26(32)23-15(2)29-27-30(24(23)19-13-17(33-3)10-11-21(19)34-4)25(31)22(36-27)12-16-14-28-20-9-7-6-8-18(16)20/h6-14,24,28H,5H2,1-4H3/b22-12+/t24-/m0/s1. The van der Waals surface area contributed by atoms with E-state index in [0.717, 1.165) is 16.5 Å². The van der Waals surface area contributed by atoms with E-state index in [9.17, 15) is 9.59 Å². The Labute approximate surface area is 210 Å². The van der Waals surface area contributed by atoms with Gasteiger partial charge in [0.2, 0.25) is 0 Å². The molecule has 0 bridgehead atoms. The Kier molecular flexibility index (Phi) is 6.24. The molecular weight excluding hydrogens is 478 g/mol. The normalized spacial score (nSPS) is 15.6. The lowest BCUT2D eigenvalue weighted by molar-refractivity contribution is -0.139. The lowest BCUT2D eigenvalue weighted by atomic mass is 9.94. The van der Waals surface area contributed by atoms with Crippen molar-refractivity contribution >= 4 is 34.3 Å². The predicted molar refractivity (Wildman–Crippen MR) is 138 cm³/mol. The van der Waals surface area contributed by atoms with E-state index in [1.54, 1.807) is 50.8 Å². The Hall–Kier alpha value is -4.11. The zero-order valence-corrected chi connectivity index (χ0v) is 21.1. The van der Waals surface area contributed by atoms with Crippen LogP contribution in [0.5, 0.6) is 11.5 Å². The number of carbonyl (C=O) groups excluding carboxylic acids is 1. The number of hydrogen-bond acceptors (Lipinski definition) is 7. The van der Waals surface area contributed by atoms with Crippen molar-refractivity contribution in [1.29, 1.82) is 0 Å². The van der Waals surface area contributed by atoms with Crippen LogP contribution in [0.2, 0.25) is 0 Å². The molecule has 9 heteroatoms. The molecule has 0 amide bonds. The fourth-order valence-electron chi connectivity index (χ4n) is 4.49. The quantitative estimate of drug-likeness (QED) is 0.408. The van der Waals surface area contributed by atoms with Gasteiger partial charge >= 0.3 is 5.97 Å². The van der Waals surface area contributed by atoms with Gasteiger partial charge in [-0.25, -0.2) is 9.79 Å². The second-order valence-corrected chi connectivity index (χ2v) is 9.21. The van der Waals surface area contributed by atoms with Gasteiger partial charge in [0.05, 0.1) is 36.6 Å². The maximum Gasteiger partial charge on any atom is 0.338 e. The van der Waals surface area contributed by atoms with E-state index < -0.39 is 12.0 Å². The zero-order chi connectivity index (χ0) is 25.4. The summed E-state index contributed by atoms with van der Waals surface area (Å²) in [5, 5.41) is 1.01. The number of fused-ring (bicyclic) bond motifs is 2. The minimum Gasteiger partial charge on any atom is -0.497 e. The number of allylic oxidation sites excluding steroid dienone is 1. The third kappa shape index (κ3) is 3.91. The molecule has 184 valence electrons. The van der Waals surface area contributed by atoms with Gasteiger partial charge < -0.3 is 19.2 Å². The summed E-state index contributed by atoms with van der Waals surface area (Å²) in [6, 6.07) is 12.4. The number of H-pyrrole nitrogens is 1. The van der Waals surface area contributed by atoms with Crippen molar-refractivity contribution in [2.45, 2.75) is 19.9 Å². The van der Waals surface area contributed by atoms with E-state index in [2.05, 4.69) is 9.98 Å². The van der Waals surface area contributed by atoms with Gasteiger partial charge in [0.25, 0.3) is 5.56 Å². The summed E-state index contributed by atoms with van der Waals surface area (Å²) in [7, 11) is 3.11. The number of carbonyl (C=O) groups is 1. The fraction of sp³-hybridized carbons (Fsp3) is 0.222. The number of ether oxygens (including phenoxy) is 3. The van der Waals surface area contributed by atoms with Gasteiger partial charge in [-0.1, -0.05) is 29.5 Å². The van der Waals surface area contributed by atoms with Gasteiger partial charge in [-0.15, -0.1) is 0 Å². The maximum atomic E-state index is 13.9. The number of hydrogen-bond donors (Lipinski definition) is 1. The van der Waals surface area contributed by atoms with Gasteiger partial charge in [0.15, 0.2) is 4.80 Å². The first kappa shape index (κ1) is 23.6. The molecule has 36 heavy (non-hydrogen) atoms. The minimum atomic E-state index is -0.796. The van der Waals surface area contributed by atoms with Crippen molar-refractivity contribution in [1.82, 2.24) is 9.55 Å². The lowest BCUT2D eigenvalue weighted by Crippen LogP contribution is -2.40. The Balaban J connectivity index is 1.78. The Morgan fingerprint density at radius 2 is 2.00 bits per heavy atom. The van der Waals surface area contributed by atoms with Crippen LogP contribution in [0.15, 0.2) is 69.7 Å². The molecule has 0 saturated carbocycles. The summed E-state index contributed by atoms with van der Waals surface area (Å²) in [5.41, 5.74) is 3.00. The molecule has 0 radical (unpaired) electrons. The van der Waals surface area contributed by atoms with Gasteiger partial charge in [-0.2, -0.15) is 0 Å². The summed E-state index contributed by atoms with van der Waals surface area (Å²) in [4.78, 5) is 35.4. The maximum absolute atomic E-state index is 13.9. The molecule has 1 N–H and O–H groups in total. The third-order valence-electron chi connectivity index (χ3n) is 6.16. The van der Waals surface area contributed by atoms with Crippen molar-refractivity contribution in [3.8, 4) is 11.5 Å². The number of esters is 1. The first-order valence-corrected chi connectivity index (χ1v) is 12.3. The summed E-state index contributed by atoms with van der Waals surface area (Å²) in [6.07, 6.45) is 3.73. The van der Waals surface area contributed by atoms with E-state index in [-0.39, 0.29) is 17.7 Å². The van der Waals surface area contributed by atoms with E-state index in [0.29, 0.717) is 32.1 Å². The molecule has 2 aromatic carbocycles. The molecule has 5 rings (SSSR count). The first-order chi connectivity index (χ1) is 17.5. The van der Waals surface area contributed by atoms with Crippen molar-refractivity contribution in [3.05, 3.63) is 90.7 Å². The monoisotopic (exact) mass is 503 g/mol. The van der Waals surface area contributed by atoms with Crippen molar-refractivity contribution in [3.63, 3.8) is 0 Å². The molecule has 8 nitrogen and oxygen atoms in total. The highest BCUT2D eigenvalue weighted by atomic mass is 32.1. The van der Waals surface area contributed by atoms with E-state index in [1.807, 2.05) is 36.5 Å². The van der Waals surface area contributed by atoms with Crippen LogP contribution in [-0.4, -0.2) is 36.3 Å². The highest BCUT2D eigenvalue weighted by molar-refractivity contribution is 7.07. The van der Waals surface area contributed by atoms with Gasteiger partial charge in [0.1, 0.15) is 17.5 Å². The van der Waals surface area contributed by atoms with Crippen LogP contribution < -0.4 is 24.4 Å². The highest BCUT2D eigenvalue weighted by Gasteiger charge is 2.35. The number of benzene rings is 2. The molecule has 0 saturated heterocycles. The Bertz CT molecular complexity index is 1690. The topological polar surface area (TPSA) is 94.9 Å². The van der Waals surface area contributed by atoms with Crippen LogP contribution in [0, 0.1) is 0 Å². The van der Waals surface area contributed by atoms with Crippen molar-refractivity contribution < 1.29 is 19.0 Å². The summed E-state index contributed by atoms with van der Waals surface area (Å²) in [6.45, 7) is 3.69. The molecule has 2 aromatic heterocycles. The molecule has 4 aromatic rings. The molecule has 3 heterocycles. The zero-order valence-electron chi connectivity index (χ0n) is 20.3. The molecule has 1 aliphatic heterocycles. The second-order valence-electron chi connectivity index (χ2n) is 8.20. The molecule has 1 atom stereocenters. The smallest absolute Gasteiger partial charge is 0.338 e. The molecule has 0 fully saturated rings. The summed E-state index contributed by atoms with van der Waals surface area (Å²) in [5.74, 6) is 0.563. The van der Waals surface area contributed by atoms with Gasteiger partial charge in [0, 0.05) is 28.2 Å². The minimum absolute atomic E-state index is 0.197. The van der Waals surface area contributed by atoms with Crippen LogP contribution in [0.25, 0.3) is 17.0 Å². The molecule has 0 spiro atoms. The summed E-state index contributed by atoms with van der Waals surface area (Å²) >= 11 is 1.28. The van der Waals surface area contributed by atoms with E-state index in [1.165, 1.54) is 11.3 Å². The van der Waals surface area contributed by atoms with Crippen molar-refractivity contribution in [2.24, 2.45) is 4.99 Å². The van der Waals surface area contributed by atoms with Crippen molar-refractivity contribution in [2.75, 3.05) is 20.8 Å². The number of aromatic amines is 1. The molecule has 0 unspecified atom stereocenters. The number of nitrogens with one attached hydrogen (secondary N) is 1. The van der Waals surface area contributed by atoms with Crippen LogP contribution in [0.1, 0.15) is 31.0 Å². The van der Waals surface area contributed by atoms with E-state index in [4.69, 9.17) is 14.2 Å². The molecule has 1 aliphatic rings. The van der Waals surface area contributed by atoms with Gasteiger partial charge in [-0.05, 0) is 44.2 Å². The highest BCUT2D eigenvalue weighted by Crippen LogP contribution is 2.37. The van der Waals surface area contributed by atoms with Crippen LogP contribution in [0.3, 0.4) is 0 Å². The lowest BCUT2D eigenvalue weighted by Gasteiger charge is -2.26.